The van der Waals surface area contributed by atoms with Gasteiger partial charge in [0.1, 0.15) is 17.4 Å². The molecule has 1 aromatic heterocycles. The number of benzene rings is 1. The molecule has 1 N–H and O–H groups in total. The first-order valence-electron chi connectivity index (χ1n) is 8.04. The fourth-order valence-electron chi connectivity index (χ4n) is 3.15. The van der Waals surface area contributed by atoms with Crippen molar-refractivity contribution in [2.75, 3.05) is 18.6 Å². The highest BCUT2D eigenvalue weighted by molar-refractivity contribution is 5.46. The summed E-state index contributed by atoms with van der Waals surface area (Å²) in [5.74, 6) is 2.56. The Kier molecular flexibility index (Phi) is 4.48. The van der Waals surface area contributed by atoms with Crippen molar-refractivity contribution >= 4 is 5.82 Å². The third-order valence-corrected chi connectivity index (χ3v) is 4.26. The first kappa shape index (κ1) is 15.7. The third-order valence-electron chi connectivity index (χ3n) is 4.26. The second kappa shape index (κ2) is 6.54. The molecule has 0 bridgehead atoms. The van der Waals surface area contributed by atoms with Gasteiger partial charge in [0.25, 0.3) is 0 Å². The summed E-state index contributed by atoms with van der Waals surface area (Å²) in [7, 11) is 1.67. The molecule has 1 saturated heterocycles. The van der Waals surface area contributed by atoms with Crippen LogP contribution in [-0.2, 0) is 6.42 Å². The van der Waals surface area contributed by atoms with Crippen LogP contribution in [0.4, 0.5) is 5.82 Å². The Morgan fingerprint density at radius 2 is 2.13 bits per heavy atom. The highest BCUT2D eigenvalue weighted by atomic mass is 16.5. The van der Waals surface area contributed by atoms with Crippen LogP contribution in [0.15, 0.2) is 30.3 Å². The number of methoxy groups -OCH3 is 1. The normalized spacial score (nSPS) is 20.8. The minimum atomic E-state index is -0.355. The molecule has 1 fully saturated rings. The van der Waals surface area contributed by atoms with E-state index in [4.69, 9.17) is 4.74 Å². The summed E-state index contributed by atoms with van der Waals surface area (Å²) in [4.78, 5) is 11.3. The van der Waals surface area contributed by atoms with Gasteiger partial charge in [-0.2, -0.15) is 0 Å². The minimum Gasteiger partial charge on any atom is -0.497 e. The molecule has 0 amide bonds. The molecule has 5 heteroatoms. The molecule has 0 unspecified atom stereocenters. The molecular formula is C18H23N3O2. The summed E-state index contributed by atoms with van der Waals surface area (Å²) >= 11 is 0. The van der Waals surface area contributed by atoms with E-state index in [1.54, 1.807) is 7.11 Å². The largest absolute Gasteiger partial charge is 0.497 e. The molecule has 0 saturated carbocycles. The molecule has 2 heterocycles. The van der Waals surface area contributed by atoms with Crippen molar-refractivity contribution < 1.29 is 9.84 Å². The fraction of sp³-hybridized carbons (Fsp3) is 0.444. The van der Waals surface area contributed by atoms with Gasteiger partial charge < -0.3 is 14.7 Å². The number of nitrogens with zero attached hydrogens (tertiary/aromatic N) is 3. The van der Waals surface area contributed by atoms with Crippen LogP contribution in [0.25, 0.3) is 0 Å². The number of ether oxygens (including phenoxy) is 1. The van der Waals surface area contributed by atoms with Gasteiger partial charge in [-0.3, -0.25) is 0 Å². The van der Waals surface area contributed by atoms with E-state index in [-0.39, 0.29) is 12.1 Å². The molecule has 1 aliphatic heterocycles. The van der Waals surface area contributed by atoms with Gasteiger partial charge in [0.15, 0.2) is 0 Å². The molecule has 2 aromatic rings. The van der Waals surface area contributed by atoms with E-state index in [9.17, 15) is 5.11 Å². The summed E-state index contributed by atoms with van der Waals surface area (Å²) in [6, 6.07) is 10.1. The average molecular weight is 313 g/mol. The zero-order valence-electron chi connectivity index (χ0n) is 13.9. The number of β-amino-alcohol motifs (C(OH)–C–C–N with tert-alkyl or cyclic N) is 1. The molecular weight excluding hydrogens is 290 g/mol. The van der Waals surface area contributed by atoms with Crippen molar-refractivity contribution in [3.63, 3.8) is 0 Å². The predicted molar refractivity (Wildman–Crippen MR) is 89.9 cm³/mol. The number of hydrogen-bond acceptors (Lipinski definition) is 5. The molecule has 0 aliphatic carbocycles. The molecule has 23 heavy (non-hydrogen) atoms. The van der Waals surface area contributed by atoms with Gasteiger partial charge >= 0.3 is 0 Å². The van der Waals surface area contributed by atoms with E-state index in [1.807, 2.05) is 31.2 Å². The maximum absolute atomic E-state index is 10.2. The monoisotopic (exact) mass is 313 g/mol. The van der Waals surface area contributed by atoms with Crippen LogP contribution < -0.4 is 9.64 Å². The lowest BCUT2D eigenvalue weighted by Gasteiger charge is -2.26. The van der Waals surface area contributed by atoms with Gasteiger partial charge in [-0.05, 0) is 31.0 Å². The molecule has 0 radical (unpaired) electrons. The number of anilines is 1. The molecule has 3 rings (SSSR count). The zero-order chi connectivity index (χ0) is 16.4. The van der Waals surface area contributed by atoms with Crippen molar-refractivity contribution in [1.82, 2.24) is 9.97 Å². The van der Waals surface area contributed by atoms with Crippen LogP contribution in [0.2, 0.25) is 0 Å². The summed E-state index contributed by atoms with van der Waals surface area (Å²) in [5.41, 5.74) is 2.09. The predicted octanol–water partition coefficient (Wildman–Crippen LogP) is 2.67. The molecule has 0 spiro atoms. The summed E-state index contributed by atoms with van der Waals surface area (Å²) in [6.45, 7) is 4.62. The van der Waals surface area contributed by atoms with E-state index in [2.05, 4.69) is 27.9 Å². The van der Waals surface area contributed by atoms with Crippen LogP contribution in [-0.4, -0.2) is 34.8 Å². The van der Waals surface area contributed by atoms with E-state index < -0.39 is 0 Å². The number of hydrogen-bond donors (Lipinski definition) is 1. The lowest BCUT2D eigenvalue weighted by molar-refractivity contribution is 0.194. The van der Waals surface area contributed by atoms with E-state index in [0.717, 1.165) is 35.1 Å². The Labute approximate surface area is 137 Å². The standard InChI is InChI=1S/C18H23N3O2/c1-4-17-19-12(2)8-18(20-17)21-11-14(22)10-16(21)13-6-5-7-15(9-13)23-3/h5-9,14,16,22H,4,10-11H2,1-3H3/t14-,16+/m0/s1. The van der Waals surface area contributed by atoms with Gasteiger partial charge in [0, 0.05) is 24.7 Å². The highest BCUT2D eigenvalue weighted by Crippen LogP contribution is 2.36. The second-order valence-corrected chi connectivity index (χ2v) is 5.97. The molecule has 1 aromatic carbocycles. The first-order valence-corrected chi connectivity index (χ1v) is 8.04. The Balaban J connectivity index is 1.98. The Bertz CT molecular complexity index is 690. The highest BCUT2D eigenvalue weighted by Gasteiger charge is 2.33. The Morgan fingerprint density at radius 1 is 1.30 bits per heavy atom. The van der Waals surface area contributed by atoms with Crippen LogP contribution in [0, 0.1) is 6.92 Å². The van der Waals surface area contributed by atoms with E-state index in [0.29, 0.717) is 13.0 Å². The lowest BCUT2D eigenvalue weighted by Crippen LogP contribution is -2.26. The maximum atomic E-state index is 10.2. The quantitative estimate of drug-likeness (QED) is 0.940. The fourth-order valence-corrected chi connectivity index (χ4v) is 3.15. The van der Waals surface area contributed by atoms with Gasteiger partial charge in [-0.1, -0.05) is 19.1 Å². The zero-order valence-corrected chi connectivity index (χ0v) is 13.9. The van der Waals surface area contributed by atoms with Crippen LogP contribution >= 0.6 is 0 Å². The first-order chi connectivity index (χ1) is 11.1. The summed E-state index contributed by atoms with van der Waals surface area (Å²) in [5, 5.41) is 10.2. The third kappa shape index (κ3) is 3.29. The SMILES string of the molecule is CCc1nc(C)cc(N2C[C@@H](O)C[C@@H]2c2cccc(OC)c2)n1. The minimum absolute atomic E-state index is 0.0964. The van der Waals surface area contributed by atoms with Crippen molar-refractivity contribution in [3.05, 3.63) is 47.4 Å². The number of rotatable bonds is 4. The van der Waals surface area contributed by atoms with Crippen LogP contribution in [0.1, 0.15) is 36.5 Å². The van der Waals surface area contributed by atoms with Gasteiger partial charge in [0.05, 0.1) is 19.3 Å². The number of aryl methyl sites for hydroxylation is 2. The summed E-state index contributed by atoms with van der Waals surface area (Å²) in [6.07, 6.45) is 1.14. The van der Waals surface area contributed by atoms with Crippen LogP contribution in [0.3, 0.4) is 0 Å². The second-order valence-electron chi connectivity index (χ2n) is 5.97. The van der Waals surface area contributed by atoms with Crippen molar-refractivity contribution in [3.8, 4) is 5.75 Å². The maximum Gasteiger partial charge on any atom is 0.133 e. The summed E-state index contributed by atoms with van der Waals surface area (Å²) < 4.78 is 5.33. The number of aliphatic hydroxyl groups excluding tert-OH is 1. The van der Waals surface area contributed by atoms with Crippen molar-refractivity contribution in [2.45, 2.75) is 38.8 Å². The van der Waals surface area contributed by atoms with Gasteiger partial charge in [-0.25, -0.2) is 9.97 Å². The number of aromatic nitrogens is 2. The van der Waals surface area contributed by atoms with Crippen molar-refractivity contribution in [2.24, 2.45) is 0 Å². The van der Waals surface area contributed by atoms with Gasteiger partial charge in [-0.15, -0.1) is 0 Å². The average Bonchev–Trinajstić information content (AvgIpc) is 2.96. The van der Waals surface area contributed by atoms with Crippen molar-refractivity contribution in [1.29, 1.82) is 0 Å². The topological polar surface area (TPSA) is 58.5 Å². The lowest BCUT2D eigenvalue weighted by atomic mass is 10.0. The van der Waals surface area contributed by atoms with E-state index in [1.165, 1.54) is 0 Å². The smallest absolute Gasteiger partial charge is 0.133 e. The Hall–Kier alpha value is -2.14. The molecule has 2 atom stereocenters. The Morgan fingerprint density at radius 3 is 2.87 bits per heavy atom. The molecule has 1 aliphatic rings. The number of aliphatic hydroxyl groups is 1. The van der Waals surface area contributed by atoms with E-state index >= 15 is 0 Å². The van der Waals surface area contributed by atoms with Crippen LogP contribution in [0.5, 0.6) is 5.75 Å². The molecule has 122 valence electrons. The van der Waals surface area contributed by atoms with Gasteiger partial charge in [0.2, 0.25) is 0 Å². The molecule has 5 nitrogen and oxygen atoms in total.